The Kier molecular flexibility index (Phi) is 3.27. The first-order chi connectivity index (χ1) is 10.1. The molecule has 3 rings (SSSR count). The Labute approximate surface area is 119 Å². The number of rotatable bonds is 5. The number of hydrogen-bond acceptors (Lipinski definition) is 4. The number of imidazole rings is 1. The van der Waals surface area contributed by atoms with Crippen LogP contribution in [-0.4, -0.2) is 26.2 Å². The molecule has 0 bridgehead atoms. The number of furan rings is 1. The maximum Gasteiger partial charge on any atom is 0.303 e. The number of nitrogens with zero attached hydrogens (tertiary/aromatic N) is 2. The second kappa shape index (κ2) is 5.24. The van der Waals surface area contributed by atoms with Gasteiger partial charge in [-0.2, -0.15) is 0 Å². The van der Waals surface area contributed by atoms with Gasteiger partial charge in [-0.05, 0) is 18.2 Å². The molecule has 1 N–H and O–H groups in total. The van der Waals surface area contributed by atoms with Crippen LogP contribution in [0.4, 0.5) is 0 Å². The van der Waals surface area contributed by atoms with Crippen LogP contribution in [0.2, 0.25) is 0 Å². The third-order valence-corrected chi connectivity index (χ3v) is 3.15. The van der Waals surface area contributed by atoms with E-state index in [0.717, 1.165) is 16.9 Å². The van der Waals surface area contributed by atoms with Crippen LogP contribution < -0.4 is 0 Å². The minimum atomic E-state index is -1.00. The minimum absolute atomic E-state index is 0.0740. The second-order valence-electron chi connectivity index (χ2n) is 4.59. The lowest BCUT2D eigenvalue weighted by atomic mass is 10.1. The predicted molar refractivity (Wildman–Crippen MR) is 74.1 cm³/mol. The number of fused-ring (bicyclic) bond motifs is 1. The van der Waals surface area contributed by atoms with Crippen molar-refractivity contribution in [3.8, 4) is 11.3 Å². The first-order valence-electron chi connectivity index (χ1n) is 6.41. The zero-order valence-corrected chi connectivity index (χ0v) is 11.0. The molecule has 0 spiro atoms. The Hall–Kier alpha value is -2.89. The SMILES string of the molecule is O=C(O)CCC(=O)c1cc(-c2cnc3ccccn23)co1. The number of carboxylic acids is 1. The van der Waals surface area contributed by atoms with Crippen molar-refractivity contribution < 1.29 is 19.1 Å². The Bertz CT molecular complexity index is 816. The van der Waals surface area contributed by atoms with E-state index in [0.29, 0.717) is 0 Å². The molecule has 0 saturated carbocycles. The third kappa shape index (κ3) is 2.55. The van der Waals surface area contributed by atoms with Gasteiger partial charge in [0.25, 0.3) is 0 Å². The second-order valence-corrected chi connectivity index (χ2v) is 4.59. The van der Waals surface area contributed by atoms with Crippen molar-refractivity contribution in [2.75, 3.05) is 0 Å². The fourth-order valence-electron chi connectivity index (χ4n) is 2.11. The molecule has 0 atom stereocenters. The monoisotopic (exact) mass is 284 g/mol. The van der Waals surface area contributed by atoms with Crippen molar-refractivity contribution in [1.82, 2.24) is 9.38 Å². The quantitative estimate of drug-likeness (QED) is 0.728. The molecule has 6 nitrogen and oxygen atoms in total. The fourth-order valence-corrected chi connectivity index (χ4v) is 2.11. The van der Waals surface area contributed by atoms with E-state index in [2.05, 4.69) is 4.98 Å². The van der Waals surface area contributed by atoms with Gasteiger partial charge in [-0.15, -0.1) is 0 Å². The summed E-state index contributed by atoms with van der Waals surface area (Å²) < 4.78 is 7.13. The number of aromatic nitrogens is 2. The fraction of sp³-hybridized carbons (Fsp3) is 0.133. The van der Waals surface area contributed by atoms with Gasteiger partial charge in [0, 0.05) is 18.2 Å². The molecule has 0 saturated heterocycles. The van der Waals surface area contributed by atoms with Crippen LogP contribution in [0, 0.1) is 0 Å². The summed E-state index contributed by atoms with van der Waals surface area (Å²) in [6.45, 7) is 0. The Balaban J connectivity index is 1.88. The molecular weight excluding hydrogens is 272 g/mol. The van der Waals surface area contributed by atoms with Gasteiger partial charge in [-0.3, -0.25) is 14.0 Å². The number of ketones is 1. The summed E-state index contributed by atoms with van der Waals surface area (Å²) in [7, 11) is 0. The molecule has 0 aliphatic carbocycles. The molecule has 0 unspecified atom stereocenters. The number of hydrogen-bond donors (Lipinski definition) is 1. The van der Waals surface area contributed by atoms with E-state index in [-0.39, 0.29) is 24.4 Å². The lowest BCUT2D eigenvalue weighted by molar-refractivity contribution is -0.136. The van der Waals surface area contributed by atoms with E-state index in [1.165, 1.54) is 6.26 Å². The number of aliphatic carboxylic acids is 1. The van der Waals surface area contributed by atoms with Crippen LogP contribution in [0.3, 0.4) is 0 Å². The third-order valence-electron chi connectivity index (χ3n) is 3.15. The molecular formula is C15H12N2O4. The molecule has 0 aromatic carbocycles. The van der Waals surface area contributed by atoms with Gasteiger partial charge < -0.3 is 9.52 Å². The topological polar surface area (TPSA) is 84.8 Å². The summed E-state index contributed by atoms with van der Waals surface area (Å²) in [6.07, 6.45) is 4.77. The lowest BCUT2D eigenvalue weighted by Crippen LogP contribution is -2.02. The van der Waals surface area contributed by atoms with Crippen LogP contribution in [0.5, 0.6) is 0 Å². The lowest BCUT2D eigenvalue weighted by Gasteiger charge is -1.96. The Morgan fingerprint density at radius 1 is 1.29 bits per heavy atom. The smallest absolute Gasteiger partial charge is 0.303 e. The number of carbonyl (C=O) groups is 2. The summed E-state index contributed by atoms with van der Waals surface area (Å²) >= 11 is 0. The maximum absolute atomic E-state index is 11.8. The van der Waals surface area contributed by atoms with E-state index in [1.54, 1.807) is 12.3 Å². The molecule has 3 aromatic heterocycles. The van der Waals surface area contributed by atoms with E-state index in [4.69, 9.17) is 9.52 Å². The normalized spacial score (nSPS) is 10.9. The van der Waals surface area contributed by atoms with Crippen LogP contribution >= 0.6 is 0 Å². The summed E-state index contributed by atoms with van der Waals surface area (Å²) in [5.41, 5.74) is 2.34. The largest absolute Gasteiger partial charge is 0.481 e. The molecule has 6 heteroatoms. The van der Waals surface area contributed by atoms with Crippen molar-refractivity contribution in [3.05, 3.63) is 48.7 Å². The van der Waals surface area contributed by atoms with Gasteiger partial charge in [0.05, 0.1) is 18.3 Å². The molecule has 0 amide bonds. The van der Waals surface area contributed by atoms with Gasteiger partial charge in [-0.25, -0.2) is 4.98 Å². The molecule has 0 aliphatic heterocycles. The minimum Gasteiger partial charge on any atom is -0.481 e. The first-order valence-corrected chi connectivity index (χ1v) is 6.41. The van der Waals surface area contributed by atoms with Crippen LogP contribution in [0.25, 0.3) is 16.9 Å². The number of carbonyl (C=O) groups excluding carboxylic acids is 1. The predicted octanol–water partition coefficient (Wildman–Crippen LogP) is 2.64. The van der Waals surface area contributed by atoms with E-state index in [9.17, 15) is 9.59 Å². The highest BCUT2D eigenvalue weighted by molar-refractivity contribution is 5.96. The van der Waals surface area contributed by atoms with Gasteiger partial charge in [0.2, 0.25) is 0 Å². The molecule has 3 heterocycles. The van der Waals surface area contributed by atoms with Crippen molar-refractivity contribution >= 4 is 17.4 Å². The van der Waals surface area contributed by atoms with Crippen molar-refractivity contribution in [2.24, 2.45) is 0 Å². The highest BCUT2D eigenvalue weighted by atomic mass is 16.4. The molecule has 0 radical (unpaired) electrons. The van der Waals surface area contributed by atoms with E-state index < -0.39 is 5.97 Å². The van der Waals surface area contributed by atoms with Gasteiger partial charge in [0.1, 0.15) is 11.9 Å². The van der Waals surface area contributed by atoms with Crippen LogP contribution in [0.15, 0.2) is 47.3 Å². The number of Topliss-reactive ketones (excluding diaryl/α,β-unsaturated/α-hetero) is 1. The summed E-state index contributed by atoms with van der Waals surface area (Å²) in [4.78, 5) is 26.6. The van der Waals surface area contributed by atoms with Crippen molar-refractivity contribution in [1.29, 1.82) is 0 Å². The van der Waals surface area contributed by atoms with E-state index >= 15 is 0 Å². The zero-order valence-electron chi connectivity index (χ0n) is 11.0. The molecule has 106 valence electrons. The molecule has 0 aliphatic rings. The standard InChI is InChI=1S/C15H12N2O4/c18-12(4-5-15(19)20)13-7-10(9-21-13)11-8-16-14-3-1-2-6-17(11)14/h1-3,6-9H,4-5H2,(H,19,20). The average Bonchev–Trinajstić information content (AvgIpc) is 3.10. The highest BCUT2D eigenvalue weighted by Gasteiger charge is 2.15. The zero-order chi connectivity index (χ0) is 14.8. The number of carboxylic acid groups (broad SMARTS) is 1. The summed E-state index contributed by atoms with van der Waals surface area (Å²) in [5, 5.41) is 8.59. The van der Waals surface area contributed by atoms with E-state index in [1.807, 2.05) is 28.8 Å². The van der Waals surface area contributed by atoms with Crippen molar-refractivity contribution in [3.63, 3.8) is 0 Å². The summed E-state index contributed by atoms with van der Waals surface area (Å²) in [5.74, 6) is -1.16. The highest BCUT2D eigenvalue weighted by Crippen LogP contribution is 2.24. The Morgan fingerprint density at radius 2 is 2.14 bits per heavy atom. The molecule has 21 heavy (non-hydrogen) atoms. The van der Waals surface area contributed by atoms with Gasteiger partial charge in [0.15, 0.2) is 11.5 Å². The van der Waals surface area contributed by atoms with Crippen molar-refractivity contribution in [2.45, 2.75) is 12.8 Å². The summed E-state index contributed by atoms with van der Waals surface area (Å²) in [6, 6.07) is 7.27. The van der Waals surface area contributed by atoms with Gasteiger partial charge in [-0.1, -0.05) is 6.07 Å². The average molecular weight is 284 g/mol. The van der Waals surface area contributed by atoms with Crippen LogP contribution in [0.1, 0.15) is 23.4 Å². The maximum atomic E-state index is 11.8. The molecule has 3 aromatic rings. The van der Waals surface area contributed by atoms with Gasteiger partial charge >= 0.3 is 5.97 Å². The first kappa shape index (κ1) is 13.1. The molecule has 0 fully saturated rings. The Morgan fingerprint density at radius 3 is 2.95 bits per heavy atom. The number of pyridine rings is 1. The van der Waals surface area contributed by atoms with Crippen LogP contribution in [-0.2, 0) is 4.79 Å².